The van der Waals surface area contributed by atoms with Crippen LogP contribution in [0.25, 0.3) is 0 Å². The highest BCUT2D eigenvalue weighted by Gasteiger charge is 1.98. The van der Waals surface area contributed by atoms with E-state index in [0.717, 1.165) is 6.42 Å². The van der Waals surface area contributed by atoms with E-state index < -0.39 is 0 Å². The van der Waals surface area contributed by atoms with Crippen molar-refractivity contribution < 1.29 is 0 Å². The summed E-state index contributed by atoms with van der Waals surface area (Å²) in [5.74, 6) is 0. The summed E-state index contributed by atoms with van der Waals surface area (Å²) in [6.45, 7) is 2.13. The SMILES string of the molecule is Cc1ccc(Cc2cnc[nH]2)s1.Cl. The maximum absolute atomic E-state index is 3.97. The number of thiophene rings is 1. The van der Waals surface area contributed by atoms with E-state index in [1.807, 2.05) is 17.5 Å². The molecule has 0 amide bonds. The average Bonchev–Trinajstić information content (AvgIpc) is 2.63. The maximum atomic E-state index is 3.97. The first-order chi connectivity index (χ1) is 5.84. The molecule has 0 aliphatic rings. The minimum atomic E-state index is 0. The Balaban J connectivity index is 0.000000845. The molecule has 2 heterocycles. The molecule has 0 aromatic carbocycles. The zero-order valence-electron chi connectivity index (χ0n) is 7.28. The molecule has 2 aromatic rings. The van der Waals surface area contributed by atoms with Crippen LogP contribution in [0.3, 0.4) is 0 Å². The molecule has 13 heavy (non-hydrogen) atoms. The van der Waals surface area contributed by atoms with Crippen LogP contribution in [0.4, 0.5) is 0 Å². The van der Waals surface area contributed by atoms with Crippen LogP contribution in [0.1, 0.15) is 15.4 Å². The molecule has 0 unspecified atom stereocenters. The molecule has 2 rings (SSSR count). The van der Waals surface area contributed by atoms with Crippen molar-refractivity contribution >= 4 is 23.7 Å². The molecule has 0 saturated carbocycles. The smallest absolute Gasteiger partial charge is 0.0921 e. The highest BCUT2D eigenvalue weighted by Crippen LogP contribution is 2.17. The number of nitrogens with one attached hydrogen (secondary N) is 1. The number of imidazole rings is 1. The quantitative estimate of drug-likeness (QED) is 0.819. The van der Waals surface area contributed by atoms with Crippen molar-refractivity contribution in [1.82, 2.24) is 9.97 Å². The van der Waals surface area contributed by atoms with Crippen molar-refractivity contribution in [3.05, 3.63) is 40.1 Å². The molecule has 0 atom stereocenters. The number of hydrogen-bond acceptors (Lipinski definition) is 2. The summed E-state index contributed by atoms with van der Waals surface area (Å²) in [5, 5.41) is 0. The lowest BCUT2D eigenvalue weighted by Crippen LogP contribution is -1.82. The van der Waals surface area contributed by atoms with Gasteiger partial charge in [-0.25, -0.2) is 4.98 Å². The van der Waals surface area contributed by atoms with Crippen molar-refractivity contribution in [2.45, 2.75) is 13.3 Å². The van der Waals surface area contributed by atoms with Gasteiger partial charge in [0.2, 0.25) is 0 Å². The van der Waals surface area contributed by atoms with Crippen molar-refractivity contribution in [1.29, 1.82) is 0 Å². The van der Waals surface area contributed by atoms with E-state index in [-0.39, 0.29) is 12.4 Å². The van der Waals surface area contributed by atoms with E-state index in [1.54, 1.807) is 6.33 Å². The highest BCUT2D eigenvalue weighted by molar-refractivity contribution is 7.11. The van der Waals surface area contributed by atoms with Gasteiger partial charge in [0.25, 0.3) is 0 Å². The Morgan fingerprint density at radius 3 is 2.85 bits per heavy atom. The summed E-state index contributed by atoms with van der Waals surface area (Å²) >= 11 is 1.84. The average molecular weight is 215 g/mol. The molecule has 0 aliphatic carbocycles. The first-order valence-electron chi connectivity index (χ1n) is 3.87. The number of H-pyrrole nitrogens is 1. The Morgan fingerprint density at radius 1 is 1.46 bits per heavy atom. The molecular formula is C9H11ClN2S. The van der Waals surface area contributed by atoms with Crippen LogP contribution in [0.2, 0.25) is 0 Å². The third-order valence-corrected chi connectivity index (χ3v) is 2.72. The molecule has 2 nitrogen and oxygen atoms in total. The Labute approximate surface area is 87.4 Å². The summed E-state index contributed by atoms with van der Waals surface area (Å²) in [5.41, 5.74) is 1.18. The third-order valence-electron chi connectivity index (χ3n) is 1.72. The minimum Gasteiger partial charge on any atom is -0.348 e. The lowest BCUT2D eigenvalue weighted by atomic mass is 10.3. The predicted molar refractivity (Wildman–Crippen MR) is 57.7 cm³/mol. The zero-order chi connectivity index (χ0) is 8.39. The molecule has 1 N–H and O–H groups in total. The number of aromatic amines is 1. The van der Waals surface area contributed by atoms with E-state index in [0.29, 0.717) is 0 Å². The summed E-state index contributed by atoms with van der Waals surface area (Å²) in [6.07, 6.45) is 4.56. The van der Waals surface area contributed by atoms with Gasteiger partial charge in [-0.15, -0.1) is 23.7 Å². The molecule has 4 heteroatoms. The Morgan fingerprint density at radius 2 is 2.31 bits per heavy atom. The van der Waals surface area contributed by atoms with E-state index in [4.69, 9.17) is 0 Å². The second-order valence-electron chi connectivity index (χ2n) is 2.77. The third kappa shape index (κ3) is 2.57. The molecule has 0 aliphatic heterocycles. The standard InChI is InChI=1S/C9H10N2S.ClH/c1-7-2-3-9(12-7)4-8-5-10-6-11-8;/h2-3,5-6H,4H2,1H3,(H,10,11);1H. The number of nitrogens with zero attached hydrogens (tertiary/aromatic N) is 1. The van der Waals surface area contributed by atoms with Gasteiger partial charge >= 0.3 is 0 Å². The minimum absolute atomic E-state index is 0. The zero-order valence-corrected chi connectivity index (χ0v) is 8.91. The van der Waals surface area contributed by atoms with Crippen LogP contribution >= 0.6 is 23.7 Å². The molecule has 0 saturated heterocycles. The second kappa shape index (κ2) is 4.44. The van der Waals surface area contributed by atoms with Gasteiger partial charge in [0.1, 0.15) is 0 Å². The number of aromatic nitrogens is 2. The summed E-state index contributed by atoms with van der Waals surface area (Å²) in [4.78, 5) is 9.82. The van der Waals surface area contributed by atoms with E-state index in [2.05, 4.69) is 29.0 Å². The normalized spacial score (nSPS) is 9.62. The molecule has 0 spiro atoms. The largest absolute Gasteiger partial charge is 0.348 e. The fraction of sp³-hybridized carbons (Fsp3) is 0.222. The number of halogens is 1. The number of hydrogen-bond donors (Lipinski definition) is 1. The van der Waals surface area contributed by atoms with Gasteiger partial charge in [-0.05, 0) is 19.1 Å². The molecule has 70 valence electrons. The molecule has 0 fully saturated rings. The van der Waals surface area contributed by atoms with Gasteiger partial charge < -0.3 is 4.98 Å². The Bertz CT molecular complexity index is 353. The van der Waals surface area contributed by atoms with Crippen LogP contribution in [-0.2, 0) is 6.42 Å². The van der Waals surface area contributed by atoms with Gasteiger partial charge in [0, 0.05) is 28.1 Å². The van der Waals surface area contributed by atoms with Crippen LogP contribution in [0.5, 0.6) is 0 Å². The Hall–Kier alpha value is -0.800. The van der Waals surface area contributed by atoms with Crippen LogP contribution in [-0.4, -0.2) is 9.97 Å². The van der Waals surface area contributed by atoms with E-state index in [1.165, 1.54) is 15.4 Å². The van der Waals surface area contributed by atoms with Gasteiger partial charge in [0.05, 0.1) is 6.33 Å². The fourth-order valence-corrected chi connectivity index (χ4v) is 2.06. The predicted octanol–water partition coefficient (Wildman–Crippen LogP) is 2.79. The second-order valence-corrected chi connectivity index (χ2v) is 4.14. The first-order valence-corrected chi connectivity index (χ1v) is 4.69. The van der Waals surface area contributed by atoms with Crippen molar-refractivity contribution in [3.8, 4) is 0 Å². The molecular weight excluding hydrogens is 204 g/mol. The number of rotatable bonds is 2. The molecule has 0 bridgehead atoms. The topological polar surface area (TPSA) is 28.7 Å². The number of aryl methyl sites for hydroxylation is 1. The van der Waals surface area contributed by atoms with E-state index in [9.17, 15) is 0 Å². The highest BCUT2D eigenvalue weighted by atomic mass is 35.5. The monoisotopic (exact) mass is 214 g/mol. The van der Waals surface area contributed by atoms with Gasteiger partial charge in [-0.1, -0.05) is 0 Å². The Kier molecular flexibility index (Phi) is 3.51. The molecule has 2 aromatic heterocycles. The fourth-order valence-electron chi connectivity index (χ4n) is 1.15. The van der Waals surface area contributed by atoms with Gasteiger partial charge in [-0.2, -0.15) is 0 Å². The van der Waals surface area contributed by atoms with Crippen LogP contribution < -0.4 is 0 Å². The van der Waals surface area contributed by atoms with Crippen LogP contribution in [0.15, 0.2) is 24.7 Å². The summed E-state index contributed by atoms with van der Waals surface area (Å²) in [6, 6.07) is 4.32. The van der Waals surface area contributed by atoms with E-state index >= 15 is 0 Å². The van der Waals surface area contributed by atoms with Gasteiger partial charge in [0.15, 0.2) is 0 Å². The lowest BCUT2D eigenvalue weighted by Gasteiger charge is -1.90. The summed E-state index contributed by atoms with van der Waals surface area (Å²) < 4.78 is 0. The van der Waals surface area contributed by atoms with Gasteiger partial charge in [-0.3, -0.25) is 0 Å². The van der Waals surface area contributed by atoms with Crippen molar-refractivity contribution in [2.24, 2.45) is 0 Å². The van der Waals surface area contributed by atoms with Crippen molar-refractivity contribution in [2.75, 3.05) is 0 Å². The summed E-state index contributed by atoms with van der Waals surface area (Å²) in [7, 11) is 0. The van der Waals surface area contributed by atoms with Crippen molar-refractivity contribution in [3.63, 3.8) is 0 Å². The first kappa shape index (κ1) is 10.3. The lowest BCUT2D eigenvalue weighted by molar-refractivity contribution is 1.13. The van der Waals surface area contributed by atoms with Crippen LogP contribution in [0, 0.1) is 6.92 Å². The maximum Gasteiger partial charge on any atom is 0.0921 e. The molecule has 0 radical (unpaired) electrons.